The van der Waals surface area contributed by atoms with Gasteiger partial charge in [0, 0.05) is 41.9 Å². The molecule has 3 nitrogen and oxygen atoms in total. The number of anilines is 1. The Morgan fingerprint density at radius 3 is 2.89 bits per heavy atom. The van der Waals surface area contributed by atoms with Crippen molar-refractivity contribution in [3.63, 3.8) is 0 Å². The zero-order chi connectivity index (χ0) is 13.2. The summed E-state index contributed by atoms with van der Waals surface area (Å²) >= 11 is 6.09. The lowest BCUT2D eigenvalue weighted by Crippen LogP contribution is -2.37. The average Bonchev–Trinajstić information content (AvgIpc) is 2.76. The fraction of sp³-hybridized carbons (Fsp3) is 0.533. The Labute approximate surface area is 119 Å². The Balaban J connectivity index is 1.88. The van der Waals surface area contributed by atoms with Crippen molar-refractivity contribution >= 4 is 23.6 Å². The molecule has 3 rings (SSSR count). The molecule has 0 aliphatic carbocycles. The average molecular weight is 279 g/mol. The molecule has 1 aromatic carbocycles. The van der Waals surface area contributed by atoms with Crippen LogP contribution < -0.4 is 4.90 Å². The third-order valence-corrected chi connectivity index (χ3v) is 4.50. The Bertz CT molecular complexity index is 477. The summed E-state index contributed by atoms with van der Waals surface area (Å²) in [4.78, 5) is 16.1. The molecule has 0 amide bonds. The maximum absolute atomic E-state index is 11.2. The Morgan fingerprint density at radius 2 is 2.05 bits per heavy atom. The van der Waals surface area contributed by atoms with Gasteiger partial charge in [-0.05, 0) is 44.0 Å². The fourth-order valence-corrected chi connectivity index (χ4v) is 3.48. The summed E-state index contributed by atoms with van der Waals surface area (Å²) in [6, 6.07) is 6.17. The Hall–Kier alpha value is -1.06. The number of aldehydes is 1. The van der Waals surface area contributed by atoms with Crippen molar-refractivity contribution in [1.29, 1.82) is 0 Å². The van der Waals surface area contributed by atoms with Crippen LogP contribution in [0.15, 0.2) is 18.2 Å². The number of carbonyl (C=O) groups excluding carboxylic acids is 1. The first-order chi connectivity index (χ1) is 9.28. The largest absolute Gasteiger partial charge is 0.369 e. The van der Waals surface area contributed by atoms with Crippen molar-refractivity contribution in [2.24, 2.45) is 0 Å². The minimum Gasteiger partial charge on any atom is -0.369 e. The molecule has 1 atom stereocenters. The molecule has 2 aliphatic rings. The molecule has 0 aromatic heterocycles. The Kier molecular flexibility index (Phi) is 3.76. The molecule has 2 heterocycles. The molecular weight excluding hydrogens is 260 g/mol. The summed E-state index contributed by atoms with van der Waals surface area (Å²) in [6.45, 7) is 4.43. The lowest BCUT2D eigenvalue weighted by molar-refractivity contribution is 0.112. The van der Waals surface area contributed by atoms with Gasteiger partial charge in [-0.2, -0.15) is 0 Å². The molecule has 1 unspecified atom stereocenters. The van der Waals surface area contributed by atoms with E-state index in [1.165, 1.54) is 25.9 Å². The zero-order valence-electron chi connectivity index (χ0n) is 11.0. The van der Waals surface area contributed by atoms with Crippen LogP contribution in [0.25, 0.3) is 0 Å². The molecule has 2 aliphatic heterocycles. The van der Waals surface area contributed by atoms with Crippen molar-refractivity contribution in [3.05, 3.63) is 28.8 Å². The lowest BCUT2D eigenvalue weighted by atomic mass is 10.1. The summed E-state index contributed by atoms with van der Waals surface area (Å²) < 4.78 is 0. The fourth-order valence-electron chi connectivity index (χ4n) is 3.32. The van der Waals surface area contributed by atoms with Crippen LogP contribution in [-0.2, 0) is 0 Å². The van der Waals surface area contributed by atoms with Gasteiger partial charge in [-0.25, -0.2) is 0 Å². The van der Waals surface area contributed by atoms with Gasteiger partial charge >= 0.3 is 0 Å². The topological polar surface area (TPSA) is 23.6 Å². The minimum atomic E-state index is 0.640. The second-order valence-corrected chi connectivity index (χ2v) is 5.89. The van der Waals surface area contributed by atoms with Crippen LogP contribution in [0.1, 0.15) is 29.6 Å². The molecule has 0 radical (unpaired) electrons. The molecule has 0 N–H and O–H groups in total. The van der Waals surface area contributed by atoms with Crippen molar-refractivity contribution in [2.75, 3.05) is 31.1 Å². The van der Waals surface area contributed by atoms with Crippen molar-refractivity contribution < 1.29 is 4.79 Å². The number of rotatable bonds is 2. The predicted molar refractivity (Wildman–Crippen MR) is 78.3 cm³/mol. The van der Waals surface area contributed by atoms with Gasteiger partial charge in [0.2, 0.25) is 0 Å². The van der Waals surface area contributed by atoms with Gasteiger partial charge in [0.1, 0.15) is 0 Å². The van der Waals surface area contributed by atoms with Crippen LogP contribution in [0.2, 0.25) is 5.02 Å². The Morgan fingerprint density at radius 1 is 1.21 bits per heavy atom. The summed E-state index contributed by atoms with van der Waals surface area (Å²) in [6.07, 6.45) is 4.66. The molecule has 0 spiro atoms. The SMILES string of the molecule is O=Cc1ccc(Cl)cc1N1CCCN2CCCC2C1. The van der Waals surface area contributed by atoms with E-state index in [-0.39, 0.29) is 0 Å². The highest BCUT2D eigenvalue weighted by atomic mass is 35.5. The van der Waals surface area contributed by atoms with E-state index in [9.17, 15) is 4.79 Å². The van der Waals surface area contributed by atoms with Crippen molar-refractivity contribution in [1.82, 2.24) is 4.90 Å². The molecule has 2 saturated heterocycles. The van der Waals surface area contributed by atoms with Crippen LogP contribution in [0.5, 0.6) is 0 Å². The summed E-state index contributed by atoms with van der Waals surface area (Å²) in [5.74, 6) is 0. The minimum absolute atomic E-state index is 0.640. The van der Waals surface area contributed by atoms with E-state index in [0.717, 1.165) is 37.0 Å². The second kappa shape index (κ2) is 5.51. The van der Waals surface area contributed by atoms with Gasteiger partial charge < -0.3 is 4.90 Å². The summed E-state index contributed by atoms with van der Waals surface area (Å²) in [7, 11) is 0. The van der Waals surface area contributed by atoms with Crippen LogP contribution in [-0.4, -0.2) is 43.4 Å². The number of fused-ring (bicyclic) bond motifs is 1. The van der Waals surface area contributed by atoms with Gasteiger partial charge in [-0.1, -0.05) is 11.6 Å². The second-order valence-electron chi connectivity index (χ2n) is 5.45. The third-order valence-electron chi connectivity index (χ3n) is 4.26. The van der Waals surface area contributed by atoms with Crippen LogP contribution in [0.4, 0.5) is 5.69 Å². The van der Waals surface area contributed by atoms with Gasteiger partial charge in [0.15, 0.2) is 6.29 Å². The van der Waals surface area contributed by atoms with Gasteiger partial charge in [-0.15, -0.1) is 0 Å². The number of hydrogen-bond donors (Lipinski definition) is 0. The van der Waals surface area contributed by atoms with Gasteiger partial charge in [-0.3, -0.25) is 9.69 Å². The van der Waals surface area contributed by atoms with Crippen LogP contribution in [0.3, 0.4) is 0 Å². The van der Waals surface area contributed by atoms with E-state index < -0.39 is 0 Å². The van der Waals surface area contributed by atoms with E-state index >= 15 is 0 Å². The van der Waals surface area contributed by atoms with E-state index in [2.05, 4.69) is 9.80 Å². The van der Waals surface area contributed by atoms with Crippen LogP contribution in [0, 0.1) is 0 Å². The van der Waals surface area contributed by atoms with E-state index in [1.54, 1.807) is 6.07 Å². The molecule has 102 valence electrons. The summed E-state index contributed by atoms with van der Waals surface area (Å²) in [5.41, 5.74) is 1.74. The van der Waals surface area contributed by atoms with E-state index in [1.807, 2.05) is 12.1 Å². The molecular formula is C15H19ClN2O. The maximum atomic E-state index is 11.2. The predicted octanol–water partition coefficient (Wildman–Crippen LogP) is 2.83. The number of benzene rings is 1. The quantitative estimate of drug-likeness (QED) is 0.777. The van der Waals surface area contributed by atoms with E-state index in [4.69, 9.17) is 11.6 Å². The van der Waals surface area contributed by atoms with E-state index in [0.29, 0.717) is 11.1 Å². The summed E-state index contributed by atoms with van der Waals surface area (Å²) in [5, 5.41) is 0.702. The monoisotopic (exact) mass is 278 g/mol. The molecule has 4 heteroatoms. The smallest absolute Gasteiger partial charge is 0.152 e. The number of halogens is 1. The normalized spacial score (nSPS) is 24.1. The highest BCUT2D eigenvalue weighted by Crippen LogP contribution is 2.28. The first-order valence-corrected chi connectivity index (χ1v) is 7.39. The molecule has 0 bridgehead atoms. The first kappa shape index (κ1) is 12.9. The first-order valence-electron chi connectivity index (χ1n) is 7.01. The number of carbonyl (C=O) groups is 1. The van der Waals surface area contributed by atoms with Crippen LogP contribution >= 0.6 is 11.6 Å². The van der Waals surface area contributed by atoms with Gasteiger partial charge in [0.25, 0.3) is 0 Å². The zero-order valence-corrected chi connectivity index (χ0v) is 11.8. The molecule has 19 heavy (non-hydrogen) atoms. The highest BCUT2D eigenvalue weighted by Gasteiger charge is 2.29. The standard InChI is InChI=1S/C15H19ClN2O/c16-13-5-4-12(11-19)15(9-13)18-8-2-7-17-6-1-3-14(17)10-18/h4-5,9,11,14H,1-3,6-8,10H2. The molecule has 1 aromatic rings. The highest BCUT2D eigenvalue weighted by molar-refractivity contribution is 6.31. The molecule has 2 fully saturated rings. The van der Waals surface area contributed by atoms with Gasteiger partial charge in [0.05, 0.1) is 0 Å². The lowest BCUT2D eigenvalue weighted by Gasteiger charge is -2.28. The number of nitrogens with zero attached hydrogens (tertiary/aromatic N) is 2. The number of hydrogen-bond acceptors (Lipinski definition) is 3. The van der Waals surface area contributed by atoms with Crippen molar-refractivity contribution in [3.8, 4) is 0 Å². The maximum Gasteiger partial charge on any atom is 0.152 e. The van der Waals surface area contributed by atoms with Crippen molar-refractivity contribution in [2.45, 2.75) is 25.3 Å². The third kappa shape index (κ3) is 2.63. The molecule has 0 saturated carbocycles.